The van der Waals surface area contributed by atoms with Crippen molar-refractivity contribution in [2.45, 2.75) is 46.1 Å². The van der Waals surface area contributed by atoms with Crippen molar-refractivity contribution in [1.29, 1.82) is 0 Å². The molecule has 0 aromatic rings. The molecule has 2 heteroatoms. The second-order valence-electron chi connectivity index (χ2n) is 6.01. The van der Waals surface area contributed by atoms with E-state index in [2.05, 4.69) is 31.0 Å². The Morgan fingerprint density at radius 1 is 1.19 bits per heavy atom. The van der Waals surface area contributed by atoms with Crippen molar-refractivity contribution in [3.8, 4) is 0 Å². The maximum atomic E-state index is 3.56. The molecule has 2 unspecified atom stereocenters. The van der Waals surface area contributed by atoms with Crippen molar-refractivity contribution >= 4 is 0 Å². The lowest BCUT2D eigenvalue weighted by atomic mass is 9.85. The topological polar surface area (TPSA) is 15.3 Å². The lowest BCUT2D eigenvalue weighted by Gasteiger charge is -2.39. The van der Waals surface area contributed by atoms with Crippen LogP contribution in [0.3, 0.4) is 0 Å². The first-order chi connectivity index (χ1) is 7.72. The van der Waals surface area contributed by atoms with Crippen LogP contribution in [0.2, 0.25) is 0 Å². The molecule has 0 aromatic heterocycles. The first kappa shape index (κ1) is 12.4. The van der Waals surface area contributed by atoms with Gasteiger partial charge >= 0.3 is 0 Å². The number of rotatable bonds is 3. The zero-order valence-electron chi connectivity index (χ0n) is 11.2. The number of hydrogen-bond donors (Lipinski definition) is 1. The Labute approximate surface area is 101 Å². The molecule has 0 aliphatic carbocycles. The second-order valence-corrected chi connectivity index (χ2v) is 6.01. The number of hydrogen-bond acceptors (Lipinski definition) is 2. The van der Waals surface area contributed by atoms with Crippen LogP contribution >= 0.6 is 0 Å². The van der Waals surface area contributed by atoms with E-state index in [0.717, 1.165) is 23.8 Å². The summed E-state index contributed by atoms with van der Waals surface area (Å²) in [6, 6.07) is 0.832. The number of nitrogens with one attached hydrogen (secondary N) is 1. The Morgan fingerprint density at radius 2 is 1.88 bits per heavy atom. The third-order valence-electron chi connectivity index (χ3n) is 4.81. The van der Waals surface area contributed by atoms with Crippen LogP contribution in [0.25, 0.3) is 0 Å². The van der Waals surface area contributed by atoms with Crippen LogP contribution in [0, 0.1) is 17.8 Å². The molecule has 2 rings (SSSR count). The molecule has 2 fully saturated rings. The van der Waals surface area contributed by atoms with Gasteiger partial charge in [-0.25, -0.2) is 0 Å². The summed E-state index contributed by atoms with van der Waals surface area (Å²) in [6.07, 6.45) is 4.18. The fraction of sp³-hybridized carbons (Fsp3) is 1.00. The van der Waals surface area contributed by atoms with Crippen molar-refractivity contribution in [3.63, 3.8) is 0 Å². The first-order valence-electron chi connectivity index (χ1n) is 7.17. The van der Waals surface area contributed by atoms with E-state index < -0.39 is 0 Å². The Morgan fingerprint density at radius 3 is 2.44 bits per heavy atom. The van der Waals surface area contributed by atoms with Crippen LogP contribution in [-0.2, 0) is 0 Å². The van der Waals surface area contributed by atoms with E-state index in [-0.39, 0.29) is 0 Å². The highest BCUT2D eigenvalue weighted by molar-refractivity contribution is 4.90. The number of piperidine rings is 1. The summed E-state index contributed by atoms with van der Waals surface area (Å²) in [5, 5.41) is 3.56. The third kappa shape index (κ3) is 2.60. The van der Waals surface area contributed by atoms with Crippen molar-refractivity contribution in [1.82, 2.24) is 10.2 Å². The zero-order chi connectivity index (χ0) is 11.5. The SMILES string of the molecule is CCC1CNCC1N1CCC(C(C)C)CC1. The normalized spacial score (nSPS) is 33.8. The quantitative estimate of drug-likeness (QED) is 0.791. The van der Waals surface area contributed by atoms with Gasteiger partial charge in [0.2, 0.25) is 0 Å². The van der Waals surface area contributed by atoms with Gasteiger partial charge in [0.25, 0.3) is 0 Å². The van der Waals surface area contributed by atoms with Crippen LogP contribution in [-0.4, -0.2) is 37.1 Å². The Bertz CT molecular complexity index is 207. The highest BCUT2D eigenvalue weighted by Gasteiger charge is 2.33. The summed E-state index contributed by atoms with van der Waals surface area (Å²) in [6.45, 7) is 12.2. The zero-order valence-corrected chi connectivity index (χ0v) is 11.2. The van der Waals surface area contributed by atoms with Crippen LogP contribution < -0.4 is 5.32 Å². The van der Waals surface area contributed by atoms with Gasteiger partial charge in [0.15, 0.2) is 0 Å². The molecule has 2 atom stereocenters. The molecule has 0 aromatic carbocycles. The molecule has 0 spiro atoms. The molecule has 0 bridgehead atoms. The van der Waals surface area contributed by atoms with E-state index >= 15 is 0 Å². The van der Waals surface area contributed by atoms with Gasteiger partial charge in [-0.1, -0.05) is 27.2 Å². The van der Waals surface area contributed by atoms with Gasteiger partial charge in [-0.05, 0) is 50.2 Å². The predicted octanol–water partition coefficient (Wildman–Crippen LogP) is 2.35. The molecular formula is C14H28N2. The molecule has 2 heterocycles. The van der Waals surface area contributed by atoms with Crippen LogP contribution in [0.5, 0.6) is 0 Å². The standard InChI is InChI=1S/C14H28N2/c1-4-12-9-15-10-14(12)16-7-5-13(6-8-16)11(2)3/h11-15H,4-10H2,1-3H3. The minimum atomic E-state index is 0.832. The average molecular weight is 224 g/mol. The summed E-state index contributed by atoms with van der Waals surface area (Å²) in [7, 11) is 0. The molecule has 1 N–H and O–H groups in total. The largest absolute Gasteiger partial charge is 0.315 e. The van der Waals surface area contributed by atoms with Gasteiger partial charge in [-0.15, -0.1) is 0 Å². The van der Waals surface area contributed by atoms with Gasteiger partial charge in [0.1, 0.15) is 0 Å². The molecule has 0 saturated carbocycles. The second kappa shape index (κ2) is 5.50. The van der Waals surface area contributed by atoms with E-state index in [4.69, 9.17) is 0 Å². The summed E-state index contributed by atoms with van der Waals surface area (Å²) < 4.78 is 0. The molecule has 2 aliphatic rings. The van der Waals surface area contributed by atoms with Gasteiger partial charge in [-0.2, -0.15) is 0 Å². The number of likely N-dealkylation sites (tertiary alicyclic amines) is 1. The molecule has 94 valence electrons. The van der Waals surface area contributed by atoms with E-state index in [1.54, 1.807) is 0 Å². The average Bonchev–Trinajstić information content (AvgIpc) is 2.77. The molecular weight excluding hydrogens is 196 g/mol. The summed E-state index contributed by atoms with van der Waals surface area (Å²) in [5.41, 5.74) is 0. The van der Waals surface area contributed by atoms with E-state index in [1.807, 2.05) is 0 Å². The summed E-state index contributed by atoms with van der Waals surface area (Å²) >= 11 is 0. The lowest BCUT2D eigenvalue weighted by molar-refractivity contribution is 0.101. The fourth-order valence-electron chi connectivity index (χ4n) is 3.48. The van der Waals surface area contributed by atoms with Crippen molar-refractivity contribution in [3.05, 3.63) is 0 Å². The number of nitrogens with zero attached hydrogens (tertiary/aromatic N) is 1. The van der Waals surface area contributed by atoms with Gasteiger partial charge in [-0.3, -0.25) is 4.90 Å². The molecule has 0 radical (unpaired) electrons. The van der Waals surface area contributed by atoms with Crippen molar-refractivity contribution < 1.29 is 0 Å². The smallest absolute Gasteiger partial charge is 0.0260 e. The van der Waals surface area contributed by atoms with Gasteiger partial charge in [0.05, 0.1) is 0 Å². The van der Waals surface area contributed by atoms with Crippen LogP contribution in [0.15, 0.2) is 0 Å². The van der Waals surface area contributed by atoms with Gasteiger partial charge in [0, 0.05) is 12.6 Å². The van der Waals surface area contributed by atoms with Crippen LogP contribution in [0.1, 0.15) is 40.0 Å². The Kier molecular flexibility index (Phi) is 4.26. The molecule has 2 nitrogen and oxygen atoms in total. The van der Waals surface area contributed by atoms with Crippen LogP contribution in [0.4, 0.5) is 0 Å². The molecule has 2 aliphatic heterocycles. The molecule has 2 saturated heterocycles. The van der Waals surface area contributed by atoms with Crippen molar-refractivity contribution in [2.24, 2.45) is 17.8 Å². The Balaban J connectivity index is 1.84. The summed E-state index contributed by atoms with van der Waals surface area (Å²) in [4.78, 5) is 2.76. The van der Waals surface area contributed by atoms with Gasteiger partial charge < -0.3 is 5.32 Å². The first-order valence-corrected chi connectivity index (χ1v) is 7.17. The highest BCUT2D eigenvalue weighted by Crippen LogP contribution is 2.28. The fourth-order valence-corrected chi connectivity index (χ4v) is 3.48. The maximum absolute atomic E-state index is 3.56. The molecule has 16 heavy (non-hydrogen) atoms. The minimum absolute atomic E-state index is 0.832. The monoisotopic (exact) mass is 224 g/mol. The third-order valence-corrected chi connectivity index (χ3v) is 4.81. The Hall–Kier alpha value is -0.0800. The predicted molar refractivity (Wildman–Crippen MR) is 69.6 cm³/mol. The van der Waals surface area contributed by atoms with E-state index in [1.165, 1.54) is 45.4 Å². The van der Waals surface area contributed by atoms with E-state index in [0.29, 0.717) is 0 Å². The summed E-state index contributed by atoms with van der Waals surface area (Å²) in [5.74, 6) is 2.76. The van der Waals surface area contributed by atoms with E-state index in [9.17, 15) is 0 Å². The lowest BCUT2D eigenvalue weighted by Crippen LogP contribution is -2.45. The van der Waals surface area contributed by atoms with Crippen molar-refractivity contribution in [2.75, 3.05) is 26.2 Å². The maximum Gasteiger partial charge on any atom is 0.0260 e. The molecule has 0 amide bonds. The minimum Gasteiger partial charge on any atom is -0.315 e. The highest BCUT2D eigenvalue weighted by atomic mass is 15.2.